The molecule has 2 N–H and O–H groups in total. The Hall–Kier alpha value is -0.160. The molecule has 1 fully saturated rings. The van der Waals surface area contributed by atoms with Crippen molar-refractivity contribution in [3.8, 4) is 0 Å². The van der Waals surface area contributed by atoms with E-state index >= 15 is 0 Å². The smallest absolute Gasteiger partial charge is 0.0781 e. The molecule has 1 saturated carbocycles. The Morgan fingerprint density at radius 3 is 2.62 bits per heavy atom. The van der Waals surface area contributed by atoms with Gasteiger partial charge in [-0.25, -0.2) is 0 Å². The number of hydrogen-bond acceptors (Lipinski definition) is 4. The lowest BCUT2D eigenvalue weighted by Crippen LogP contribution is -2.54. The lowest BCUT2D eigenvalue weighted by atomic mass is 9.95. The summed E-state index contributed by atoms with van der Waals surface area (Å²) in [5.41, 5.74) is -0.239. The molecule has 96 valence electrons. The van der Waals surface area contributed by atoms with Gasteiger partial charge in [-0.1, -0.05) is 6.92 Å². The van der Waals surface area contributed by atoms with Gasteiger partial charge in [0.05, 0.1) is 31.5 Å². The van der Waals surface area contributed by atoms with Crippen molar-refractivity contribution in [2.45, 2.75) is 38.3 Å². The quantitative estimate of drug-likeness (QED) is 0.616. The van der Waals surface area contributed by atoms with E-state index in [1.807, 2.05) is 6.92 Å². The molecule has 0 aliphatic heterocycles. The normalized spacial score (nSPS) is 21.8. The number of hydrogen-bond donors (Lipinski definition) is 2. The number of aliphatic hydroxyl groups excluding tert-OH is 1. The summed E-state index contributed by atoms with van der Waals surface area (Å²) >= 11 is 0. The molecule has 0 saturated heterocycles. The minimum atomic E-state index is -0.239. The van der Waals surface area contributed by atoms with Gasteiger partial charge in [0, 0.05) is 7.11 Å². The third-order valence-electron chi connectivity index (χ3n) is 3.20. The minimum Gasteiger partial charge on any atom is -0.394 e. The highest BCUT2D eigenvalue weighted by atomic mass is 16.5. The van der Waals surface area contributed by atoms with Gasteiger partial charge in [0.1, 0.15) is 0 Å². The van der Waals surface area contributed by atoms with Crippen LogP contribution in [0.2, 0.25) is 0 Å². The predicted octanol–water partition coefficient (Wildman–Crippen LogP) is 0.788. The Morgan fingerprint density at radius 1 is 1.50 bits per heavy atom. The van der Waals surface area contributed by atoms with Crippen LogP contribution in [0.5, 0.6) is 0 Å². The van der Waals surface area contributed by atoms with Crippen LogP contribution in [0.1, 0.15) is 26.7 Å². The molecule has 0 spiro atoms. The van der Waals surface area contributed by atoms with Crippen molar-refractivity contribution in [1.29, 1.82) is 0 Å². The van der Waals surface area contributed by atoms with E-state index in [0.29, 0.717) is 19.1 Å². The SMILES string of the molecule is CCNC(CO)(COC(C)COC)C1CC1. The molecule has 0 aromatic rings. The summed E-state index contributed by atoms with van der Waals surface area (Å²) in [6.45, 7) is 6.21. The van der Waals surface area contributed by atoms with E-state index in [4.69, 9.17) is 9.47 Å². The van der Waals surface area contributed by atoms with Crippen LogP contribution in [0.15, 0.2) is 0 Å². The van der Waals surface area contributed by atoms with Gasteiger partial charge in [0.15, 0.2) is 0 Å². The van der Waals surface area contributed by atoms with Crippen LogP contribution in [-0.2, 0) is 9.47 Å². The predicted molar refractivity (Wildman–Crippen MR) is 63.5 cm³/mol. The summed E-state index contributed by atoms with van der Waals surface area (Å²) in [5, 5.41) is 13.0. The van der Waals surface area contributed by atoms with E-state index in [1.165, 1.54) is 12.8 Å². The van der Waals surface area contributed by atoms with E-state index in [-0.39, 0.29) is 18.2 Å². The molecule has 0 amide bonds. The van der Waals surface area contributed by atoms with Crippen molar-refractivity contribution in [3.63, 3.8) is 0 Å². The Labute approximate surface area is 98.3 Å². The van der Waals surface area contributed by atoms with Crippen LogP contribution >= 0.6 is 0 Å². The molecule has 2 atom stereocenters. The Kier molecular flexibility index (Phi) is 5.69. The van der Waals surface area contributed by atoms with Gasteiger partial charge in [0.25, 0.3) is 0 Å². The molecular weight excluding hydrogens is 206 g/mol. The summed E-state index contributed by atoms with van der Waals surface area (Å²) in [7, 11) is 1.67. The third kappa shape index (κ3) is 3.70. The first-order chi connectivity index (χ1) is 7.68. The molecule has 1 aliphatic carbocycles. The van der Waals surface area contributed by atoms with Crippen LogP contribution in [0, 0.1) is 5.92 Å². The molecule has 1 aliphatic rings. The summed E-state index contributed by atoms with van der Waals surface area (Å²) in [5.74, 6) is 0.562. The van der Waals surface area contributed by atoms with Crippen molar-refractivity contribution >= 4 is 0 Å². The first-order valence-electron chi connectivity index (χ1n) is 6.15. The van der Waals surface area contributed by atoms with Gasteiger partial charge in [-0.3, -0.25) is 0 Å². The number of aliphatic hydroxyl groups is 1. The number of nitrogens with one attached hydrogen (secondary N) is 1. The van der Waals surface area contributed by atoms with Gasteiger partial charge in [0.2, 0.25) is 0 Å². The Morgan fingerprint density at radius 2 is 2.19 bits per heavy atom. The van der Waals surface area contributed by atoms with E-state index < -0.39 is 0 Å². The van der Waals surface area contributed by atoms with Crippen molar-refractivity contribution in [3.05, 3.63) is 0 Å². The minimum absolute atomic E-state index is 0.0772. The second-order valence-corrected chi connectivity index (χ2v) is 4.70. The van der Waals surface area contributed by atoms with Gasteiger partial charge in [-0.05, 0) is 32.2 Å². The number of likely N-dealkylation sites (N-methyl/N-ethyl adjacent to an activating group) is 1. The molecule has 4 heteroatoms. The zero-order chi connectivity index (χ0) is 12.0. The topological polar surface area (TPSA) is 50.7 Å². The molecule has 2 unspecified atom stereocenters. The maximum absolute atomic E-state index is 9.59. The van der Waals surface area contributed by atoms with Crippen LogP contribution in [0.4, 0.5) is 0 Å². The summed E-state index contributed by atoms with van der Waals surface area (Å²) in [6, 6.07) is 0. The van der Waals surface area contributed by atoms with Crippen LogP contribution in [-0.4, -0.2) is 50.2 Å². The van der Waals surface area contributed by atoms with Crippen molar-refractivity contribution in [2.24, 2.45) is 5.92 Å². The number of methoxy groups -OCH3 is 1. The van der Waals surface area contributed by atoms with Gasteiger partial charge >= 0.3 is 0 Å². The zero-order valence-corrected chi connectivity index (χ0v) is 10.7. The molecule has 0 aromatic carbocycles. The maximum Gasteiger partial charge on any atom is 0.0781 e. The summed E-state index contributed by atoms with van der Waals surface area (Å²) in [4.78, 5) is 0. The molecular formula is C12H25NO3. The average Bonchev–Trinajstić information content (AvgIpc) is 3.09. The first-order valence-corrected chi connectivity index (χ1v) is 6.15. The van der Waals surface area contributed by atoms with E-state index in [1.54, 1.807) is 7.11 Å². The molecule has 4 nitrogen and oxygen atoms in total. The lowest BCUT2D eigenvalue weighted by Gasteiger charge is -2.34. The standard InChI is InChI=1S/C12H25NO3/c1-4-13-12(8-14,11-5-6-11)9-16-10(2)7-15-3/h10-11,13-14H,4-9H2,1-3H3. The molecule has 0 bridgehead atoms. The number of ether oxygens (including phenoxy) is 2. The molecule has 1 rings (SSSR count). The van der Waals surface area contributed by atoms with E-state index in [0.717, 1.165) is 6.54 Å². The fraction of sp³-hybridized carbons (Fsp3) is 1.00. The highest BCUT2D eigenvalue weighted by Gasteiger charge is 2.44. The van der Waals surface area contributed by atoms with Crippen molar-refractivity contribution in [1.82, 2.24) is 5.32 Å². The maximum atomic E-state index is 9.59. The highest BCUT2D eigenvalue weighted by molar-refractivity contribution is 5.00. The van der Waals surface area contributed by atoms with Crippen LogP contribution < -0.4 is 5.32 Å². The fourth-order valence-corrected chi connectivity index (χ4v) is 2.11. The molecule has 16 heavy (non-hydrogen) atoms. The Balaban J connectivity index is 2.42. The third-order valence-corrected chi connectivity index (χ3v) is 3.20. The monoisotopic (exact) mass is 231 g/mol. The molecule has 0 heterocycles. The van der Waals surface area contributed by atoms with E-state index in [2.05, 4.69) is 12.2 Å². The Bertz CT molecular complexity index is 197. The second-order valence-electron chi connectivity index (χ2n) is 4.70. The molecule has 0 aromatic heterocycles. The average molecular weight is 231 g/mol. The fourth-order valence-electron chi connectivity index (χ4n) is 2.11. The van der Waals surface area contributed by atoms with Gasteiger partial charge in [-0.15, -0.1) is 0 Å². The number of rotatable bonds is 9. The van der Waals surface area contributed by atoms with Crippen molar-refractivity contribution < 1.29 is 14.6 Å². The molecule has 0 radical (unpaired) electrons. The van der Waals surface area contributed by atoms with E-state index in [9.17, 15) is 5.11 Å². The van der Waals surface area contributed by atoms with Crippen molar-refractivity contribution in [2.75, 3.05) is 33.5 Å². The summed E-state index contributed by atoms with van der Waals surface area (Å²) < 4.78 is 10.8. The highest BCUT2D eigenvalue weighted by Crippen LogP contribution is 2.39. The van der Waals surface area contributed by atoms with Gasteiger partial charge < -0.3 is 19.9 Å². The lowest BCUT2D eigenvalue weighted by molar-refractivity contribution is -0.0379. The zero-order valence-electron chi connectivity index (χ0n) is 10.7. The second kappa shape index (κ2) is 6.55. The summed E-state index contributed by atoms with van der Waals surface area (Å²) in [6.07, 6.45) is 2.46. The van der Waals surface area contributed by atoms with Crippen LogP contribution in [0.25, 0.3) is 0 Å². The largest absolute Gasteiger partial charge is 0.394 e. The van der Waals surface area contributed by atoms with Gasteiger partial charge in [-0.2, -0.15) is 0 Å². The van der Waals surface area contributed by atoms with Crippen LogP contribution in [0.3, 0.4) is 0 Å². The first kappa shape index (κ1) is 13.9.